The molecule has 0 radical (unpaired) electrons. The lowest BCUT2D eigenvalue weighted by Gasteiger charge is -2.29. The van der Waals surface area contributed by atoms with Crippen LogP contribution >= 0.6 is 0 Å². The molecule has 3 aliphatic heterocycles. The third-order valence-corrected chi connectivity index (χ3v) is 5.14. The van der Waals surface area contributed by atoms with Crippen LogP contribution in [0.5, 0.6) is 17.2 Å². The first kappa shape index (κ1) is 15.7. The summed E-state index contributed by atoms with van der Waals surface area (Å²) < 4.78 is 11.3. The zero-order valence-electron chi connectivity index (χ0n) is 14.0. The molecule has 2 bridgehead atoms. The van der Waals surface area contributed by atoms with Crippen molar-refractivity contribution >= 4 is 0 Å². The third-order valence-electron chi connectivity index (χ3n) is 5.14. The van der Waals surface area contributed by atoms with E-state index in [2.05, 4.69) is 18.9 Å². The van der Waals surface area contributed by atoms with Crippen molar-refractivity contribution in [2.75, 3.05) is 13.6 Å². The van der Waals surface area contributed by atoms with E-state index in [9.17, 15) is 0 Å². The zero-order valence-corrected chi connectivity index (χ0v) is 14.0. The molecule has 1 aromatic rings. The fraction of sp³-hybridized carbons (Fsp3) is 0.684. The molecular formula is C19H29NO2. The maximum Gasteiger partial charge on any atom is 0.205 e. The smallest absolute Gasteiger partial charge is 0.205 e. The molecule has 122 valence electrons. The molecular weight excluding hydrogens is 274 g/mol. The van der Waals surface area contributed by atoms with Gasteiger partial charge in [0.25, 0.3) is 0 Å². The van der Waals surface area contributed by atoms with Gasteiger partial charge in [0.05, 0.1) is 6.10 Å². The van der Waals surface area contributed by atoms with E-state index in [1.165, 1.54) is 57.9 Å². The number of hydrogen-bond acceptors (Lipinski definition) is 3. The normalized spacial score (nSPS) is 24.0. The molecule has 3 heterocycles. The molecule has 0 N–H and O–H groups in total. The first-order valence-corrected chi connectivity index (χ1v) is 8.95. The Morgan fingerprint density at radius 2 is 1.82 bits per heavy atom. The van der Waals surface area contributed by atoms with Gasteiger partial charge in [-0.3, -0.25) is 0 Å². The summed E-state index contributed by atoms with van der Waals surface area (Å²) in [6, 6.07) is 6.83. The summed E-state index contributed by atoms with van der Waals surface area (Å²) in [5.41, 5.74) is 0. The molecule has 1 aromatic carbocycles. The molecule has 1 unspecified atom stereocenters. The molecule has 5 rings (SSSR count). The van der Waals surface area contributed by atoms with Crippen LogP contribution < -0.4 is 9.47 Å². The molecule has 0 spiro atoms. The van der Waals surface area contributed by atoms with Gasteiger partial charge in [-0.15, -0.1) is 0 Å². The minimum absolute atomic E-state index is 0.424. The summed E-state index contributed by atoms with van der Waals surface area (Å²) in [7, 11) is 2.22. The van der Waals surface area contributed by atoms with Crippen molar-refractivity contribution in [1.82, 2.24) is 4.90 Å². The van der Waals surface area contributed by atoms with Crippen molar-refractivity contribution < 1.29 is 9.47 Å². The van der Waals surface area contributed by atoms with E-state index in [1.807, 2.05) is 18.2 Å². The number of ether oxygens (including phenoxy) is 2. The number of rotatable bonds is 3. The number of fused-ring (bicyclic) bond motifs is 2. The van der Waals surface area contributed by atoms with Crippen LogP contribution in [-0.4, -0.2) is 30.6 Å². The Hall–Kier alpha value is -1.22. The van der Waals surface area contributed by atoms with E-state index in [0.717, 1.165) is 23.3 Å². The summed E-state index contributed by atoms with van der Waals surface area (Å²) >= 11 is 0. The Labute approximate surface area is 134 Å². The lowest BCUT2D eigenvalue weighted by Crippen LogP contribution is -2.23. The Bertz CT molecular complexity index is 462. The van der Waals surface area contributed by atoms with Crippen LogP contribution in [0.2, 0.25) is 0 Å². The van der Waals surface area contributed by atoms with Gasteiger partial charge in [-0.05, 0) is 70.7 Å². The van der Waals surface area contributed by atoms with Crippen LogP contribution in [0.1, 0.15) is 58.3 Å². The highest BCUT2D eigenvalue weighted by molar-refractivity contribution is 5.60. The van der Waals surface area contributed by atoms with Gasteiger partial charge in [-0.25, -0.2) is 0 Å². The molecule has 1 saturated carbocycles. The minimum Gasteiger partial charge on any atom is -0.483 e. The Balaban J connectivity index is 0.000000154. The monoisotopic (exact) mass is 303 g/mol. The van der Waals surface area contributed by atoms with E-state index in [4.69, 9.17) is 9.47 Å². The second kappa shape index (κ2) is 7.36. The molecule has 0 amide bonds. The molecule has 22 heavy (non-hydrogen) atoms. The summed E-state index contributed by atoms with van der Waals surface area (Å²) in [6.45, 7) is 3.59. The van der Waals surface area contributed by atoms with Crippen molar-refractivity contribution in [2.45, 2.75) is 70.4 Å². The van der Waals surface area contributed by atoms with Gasteiger partial charge in [-0.2, -0.15) is 0 Å². The SMILES string of the molecule is CCC1CCCN1C.c1cc2c(OC3CCCCC3)c(c1)O2. The van der Waals surface area contributed by atoms with Crippen molar-refractivity contribution in [3.63, 3.8) is 0 Å². The largest absolute Gasteiger partial charge is 0.483 e. The van der Waals surface area contributed by atoms with Gasteiger partial charge in [0, 0.05) is 6.04 Å². The number of nitrogens with zero attached hydrogens (tertiary/aromatic N) is 1. The first-order chi connectivity index (χ1) is 10.8. The van der Waals surface area contributed by atoms with Crippen molar-refractivity contribution in [3.8, 4) is 17.2 Å². The Morgan fingerprint density at radius 1 is 1.09 bits per heavy atom. The van der Waals surface area contributed by atoms with E-state index < -0.39 is 0 Å². The molecule has 2 fully saturated rings. The van der Waals surface area contributed by atoms with E-state index in [0.29, 0.717) is 6.10 Å². The Morgan fingerprint density at radius 3 is 2.32 bits per heavy atom. The quantitative estimate of drug-likeness (QED) is 0.797. The van der Waals surface area contributed by atoms with Gasteiger partial charge in [0.1, 0.15) is 0 Å². The average molecular weight is 303 g/mol. The van der Waals surface area contributed by atoms with Gasteiger partial charge in [0.15, 0.2) is 11.5 Å². The second-order valence-corrected chi connectivity index (χ2v) is 6.75. The zero-order chi connectivity index (χ0) is 15.4. The summed E-state index contributed by atoms with van der Waals surface area (Å²) in [4.78, 5) is 2.46. The third kappa shape index (κ3) is 3.57. The van der Waals surface area contributed by atoms with Crippen LogP contribution in [0, 0.1) is 0 Å². The lowest BCUT2D eigenvalue weighted by atomic mass is 9.98. The maximum atomic E-state index is 5.93. The standard InChI is InChI=1S/C12H14O2.C7H15N/c1-2-5-9(6-3-1)13-12-10-7-4-8-11(12)14-10;1-3-7-5-4-6-8(7)2/h4,7-9H,1-3,5-6H2;7H,3-6H2,1-2H3. The molecule has 0 aromatic heterocycles. The lowest BCUT2D eigenvalue weighted by molar-refractivity contribution is 0.135. The van der Waals surface area contributed by atoms with Crippen LogP contribution in [0.15, 0.2) is 18.2 Å². The highest BCUT2D eigenvalue weighted by Gasteiger charge is 2.26. The summed E-state index contributed by atoms with van der Waals surface area (Å²) in [5.74, 6) is 2.81. The van der Waals surface area contributed by atoms with Crippen LogP contribution in [0.25, 0.3) is 0 Å². The van der Waals surface area contributed by atoms with Gasteiger partial charge >= 0.3 is 0 Å². The predicted molar refractivity (Wildman–Crippen MR) is 90.0 cm³/mol. The summed E-state index contributed by atoms with van der Waals surface area (Å²) in [5, 5.41) is 0. The van der Waals surface area contributed by atoms with Crippen LogP contribution in [0.3, 0.4) is 0 Å². The number of likely N-dealkylation sites (tertiary alicyclic amines) is 1. The fourth-order valence-electron chi connectivity index (χ4n) is 3.69. The first-order valence-electron chi connectivity index (χ1n) is 8.95. The van der Waals surface area contributed by atoms with Gasteiger partial charge in [-0.1, -0.05) is 19.4 Å². The molecule has 1 saturated heterocycles. The van der Waals surface area contributed by atoms with Crippen molar-refractivity contribution in [2.24, 2.45) is 0 Å². The average Bonchev–Trinajstić information content (AvgIpc) is 3.00. The molecule has 1 aliphatic carbocycles. The van der Waals surface area contributed by atoms with E-state index in [-0.39, 0.29) is 0 Å². The van der Waals surface area contributed by atoms with Crippen LogP contribution in [0.4, 0.5) is 0 Å². The topological polar surface area (TPSA) is 21.7 Å². The van der Waals surface area contributed by atoms with Gasteiger partial charge < -0.3 is 14.4 Å². The maximum absolute atomic E-state index is 5.93. The highest BCUT2D eigenvalue weighted by Crippen LogP contribution is 2.50. The van der Waals surface area contributed by atoms with Gasteiger partial charge in [0.2, 0.25) is 5.75 Å². The molecule has 1 atom stereocenters. The summed E-state index contributed by atoms with van der Waals surface area (Å²) in [6.07, 6.45) is 11.0. The Kier molecular flexibility index (Phi) is 5.24. The molecule has 3 heteroatoms. The van der Waals surface area contributed by atoms with Crippen molar-refractivity contribution in [1.29, 1.82) is 0 Å². The molecule has 3 nitrogen and oxygen atoms in total. The minimum atomic E-state index is 0.424. The second-order valence-electron chi connectivity index (χ2n) is 6.75. The number of hydrogen-bond donors (Lipinski definition) is 0. The highest BCUT2D eigenvalue weighted by atomic mass is 16.6. The fourth-order valence-corrected chi connectivity index (χ4v) is 3.69. The molecule has 4 aliphatic rings. The van der Waals surface area contributed by atoms with Crippen LogP contribution in [-0.2, 0) is 0 Å². The number of benzene rings is 1. The number of para-hydroxylation sites is 1. The van der Waals surface area contributed by atoms with E-state index >= 15 is 0 Å². The predicted octanol–water partition coefficient (Wildman–Crippen LogP) is 4.99. The van der Waals surface area contributed by atoms with E-state index in [1.54, 1.807) is 0 Å². The van der Waals surface area contributed by atoms with Crippen molar-refractivity contribution in [3.05, 3.63) is 18.2 Å².